The highest BCUT2D eigenvalue weighted by Crippen LogP contribution is 2.25. The van der Waals surface area contributed by atoms with Crippen LogP contribution in [0.5, 0.6) is 5.75 Å². The number of ether oxygens (including phenoxy) is 1. The van der Waals surface area contributed by atoms with Crippen LogP contribution in [0.4, 0.5) is 0 Å². The molecule has 0 saturated heterocycles. The fraction of sp³-hybridized carbons (Fsp3) is 0.357. The molecule has 1 unspecified atom stereocenters. The van der Waals surface area contributed by atoms with Crippen LogP contribution in [-0.2, 0) is 4.79 Å². The summed E-state index contributed by atoms with van der Waals surface area (Å²) in [5.74, 6) is -0.134. The minimum Gasteiger partial charge on any atom is -0.494 e. The van der Waals surface area contributed by atoms with E-state index >= 15 is 0 Å². The Hall–Kier alpha value is -2.37. The Bertz CT molecular complexity index is 578. The number of rotatable bonds is 6. The van der Waals surface area contributed by atoms with Gasteiger partial charge in [0.1, 0.15) is 5.75 Å². The Morgan fingerprint density at radius 2 is 2.05 bits per heavy atom. The van der Waals surface area contributed by atoms with Gasteiger partial charge in [0, 0.05) is 5.56 Å². The van der Waals surface area contributed by atoms with Gasteiger partial charge in [-0.2, -0.15) is 0 Å². The van der Waals surface area contributed by atoms with Crippen LogP contribution >= 0.6 is 0 Å². The molecule has 1 heterocycles. The molecular weight excluding hydrogens is 258 g/mol. The van der Waals surface area contributed by atoms with Crippen molar-refractivity contribution >= 4 is 5.97 Å². The lowest BCUT2D eigenvalue weighted by Crippen LogP contribution is -2.20. The smallest absolute Gasteiger partial charge is 0.328 e. The van der Waals surface area contributed by atoms with Crippen LogP contribution in [0.1, 0.15) is 26.3 Å². The van der Waals surface area contributed by atoms with Crippen LogP contribution in [0.2, 0.25) is 0 Å². The zero-order valence-corrected chi connectivity index (χ0v) is 11.5. The number of carboxylic acids is 1. The van der Waals surface area contributed by atoms with Crippen molar-refractivity contribution in [1.29, 1.82) is 0 Å². The summed E-state index contributed by atoms with van der Waals surface area (Å²) < 4.78 is 6.83. The van der Waals surface area contributed by atoms with Crippen molar-refractivity contribution in [3.05, 3.63) is 30.5 Å². The van der Waals surface area contributed by atoms with Crippen molar-refractivity contribution in [3.63, 3.8) is 0 Å². The Labute approximate surface area is 117 Å². The van der Waals surface area contributed by atoms with E-state index in [0.717, 1.165) is 11.3 Å². The fourth-order valence-corrected chi connectivity index (χ4v) is 2.02. The molecule has 0 aliphatic carbocycles. The molecule has 1 aromatic heterocycles. The van der Waals surface area contributed by atoms with Gasteiger partial charge in [-0.15, -0.1) is 5.10 Å². The summed E-state index contributed by atoms with van der Waals surface area (Å²) in [6.07, 6.45) is 2.02. The Morgan fingerprint density at radius 1 is 1.35 bits per heavy atom. The number of aromatic nitrogens is 3. The molecule has 2 aromatic rings. The van der Waals surface area contributed by atoms with Gasteiger partial charge in [0.25, 0.3) is 0 Å². The molecule has 0 aliphatic rings. The minimum atomic E-state index is -0.912. The molecule has 0 aliphatic heterocycles. The number of benzene rings is 1. The zero-order chi connectivity index (χ0) is 14.5. The van der Waals surface area contributed by atoms with E-state index < -0.39 is 12.0 Å². The van der Waals surface area contributed by atoms with Gasteiger partial charge in [0.15, 0.2) is 6.04 Å². The summed E-state index contributed by atoms with van der Waals surface area (Å²) in [6.45, 7) is 4.34. The summed E-state index contributed by atoms with van der Waals surface area (Å²) >= 11 is 0. The topological polar surface area (TPSA) is 77.2 Å². The van der Waals surface area contributed by atoms with Crippen LogP contribution in [0.3, 0.4) is 0 Å². The van der Waals surface area contributed by atoms with Crippen LogP contribution in [0.15, 0.2) is 30.5 Å². The lowest BCUT2D eigenvalue weighted by Gasteiger charge is -2.13. The van der Waals surface area contributed by atoms with Gasteiger partial charge in [0.2, 0.25) is 0 Å². The van der Waals surface area contributed by atoms with Crippen LogP contribution in [0.25, 0.3) is 11.3 Å². The van der Waals surface area contributed by atoms with E-state index in [2.05, 4.69) is 10.3 Å². The quantitative estimate of drug-likeness (QED) is 0.875. The average Bonchev–Trinajstić information content (AvgIpc) is 2.89. The van der Waals surface area contributed by atoms with Crippen LogP contribution < -0.4 is 4.74 Å². The maximum Gasteiger partial charge on any atom is 0.328 e. The van der Waals surface area contributed by atoms with Gasteiger partial charge in [-0.1, -0.05) is 12.1 Å². The van der Waals surface area contributed by atoms with Crippen molar-refractivity contribution in [3.8, 4) is 17.0 Å². The van der Waals surface area contributed by atoms with Gasteiger partial charge in [-0.05, 0) is 37.6 Å². The normalized spacial score (nSPS) is 12.1. The summed E-state index contributed by atoms with van der Waals surface area (Å²) in [4.78, 5) is 11.2. The molecule has 6 heteroatoms. The first kappa shape index (κ1) is 14.0. The summed E-state index contributed by atoms with van der Waals surface area (Å²) in [7, 11) is 0. The van der Waals surface area contributed by atoms with Gasteiger partial charge in [-0.25, -0.2) is 9.48 Å². The molecule has 6 nitrogen and oxygen atoms in total. The van der Waals surface area contributed by atoms with Crippen LogP contribution in [-0.4, -0.2) is 32.7 Å². The molecule has 1 atom stereocenters. The third kappa shape index (κ3) is 2.79. The van der Waals surface area contributed by atoms with E-state index in [1.807, 2.05) is 38.1 Å². The molecule has 106 valence electrons. The molecule has 1 N–H and O–H groups in total. The summed E-state index contributed by atoms with van der Waals surface area (Å²) in [5.41, 5.74) is 1.54. The highest BCUT2D eigenvalue weighted by atomic mass is 16.5. The van der Waals surface area contributed by atoms with E-state index in [-0.39, 0.29) is 0 Å². The minimum absolute atomic E-state index is 0.447. The highest BCUT2D eigenvalue weighted by molar-refractivity contribution is 5.73. The first-order valence-corrected chi connectivity index (χ1v) is 6.53. The van der Waals surface area contributed by atoms with E-state index in [1.165, 1.54) is 4.68 Å². The van der Waals surface area contributed by atoms with E-state index in [1.54, 1.807) is 6.20 Å². The average molecular weight is 275 g/mol. The summed E-state index contributed by atoms with van der Waals surface area (Å²) in [5, 5.41) is 16.9. The second-order valence-corrected chi connectivity index (χ2v) is 4.28. The molecule has 0 saturated carbocycles. The Morgan fingerprint density at radius 3 is 2.60 bits per heavy atom. The van der Waals surface area contributed by atoms with Crippen LogP contribution in [0, 0.1) is 0 Å². The number of hydrogen-bond acceptors (Lipinski definition) is 4. The van der Waals surface area contributed by atoms with Gasteiger partial charge < -0.3 is 9.84 Å². The maximum atomic E-state index is 11.2. The molecule has 0 amide bonds. The van der Waals surface area contributed by atoms with Gasteiger partial charge >= 0.3 is 5.97 Å². The molecule has 1 aromatic carbocycles. The second-order valence-electron chi connectivity index (χ2n) is 4.28. The first-order valence-electron chi connectivity index (χ1n) is 6.53. The molecule has 0 radical (unpaired) electrons. The maximum absolute atomic E-state index is 11.2. The van der Waals surface area contributed by atoms with Crippen molar-refractivity contribution in [2.24, 2.45) is 0 Å². The largest absolute Gasteiger partial charge is 0.494 e. The second kappa shape index (κ2) is 6.18. The Kier molecular flexibility index (Phi) is 4.34. The summed E-state index contributed by atoms with van der Waals surface area (Å²) in [6, 6.07) is 6.72. The third-order valence-corrected chi connectivity index (χ3v) is 3.00. The lowest BCUT2D eigenvalue weighted by atomic mass is 10.1. The molecule has 0 spiro atoms. The molecule has 2 rings (SSSR count). The van der Waals surface area contributed by atoms with E-state index in [0.29, 0.717) is 18.7 Å². The van der Waals surface area contributed by atoms with Gasteiger partial charge in [-0.3, -0.25) is 0 Å². The molecular formula is C14H17N3O3. The molecule has 0 bridgehead atoms. The van der Waals surface area contributed by atoms with Crippen molar-refractivity contribution in [2.75, 3.05) is 6.61 Å². The van der Waals surface area contributed by atoms with Crippen molar-refractivity contribution < 1.29 is 14.6 Å². The molecule has 0 fully saturated rings. The van der Waals surface area contributed by atoms with E-state index in [9.17, 15) is 9.90 Å². The number of carbonyl (C=O) groups is 1. The highest BCUT2D eigenvalue weighted by Gasteiger charge is 2.21. The number of aliphatic carboxylic acids is 1. The fourth-order valence-electron chi connectivity index (χ4n) is 2.02. The number of nitrogens with zero attached hydrogens (tertiary/aromatic N) is 3. The zero-order valence-electron chi connectivity index (χ0n) is 11.5. The number of carboxylic acid groups (broad SMARTS) is 1. The van der Waals surface area contributed by atoms with E-state index in [4.69, 9.17) is 4.74 Å². The molecule has 20 heavy (non-hydrogen) atoms. The SMILES string of the molecule is CCOc1ccc(-c2cnnn2C(CC)C(=O)O)cc1. The predicted octanol–water partition coefficient (Wildman–Crippen LogP) is 2.38. The Balaban J connectivity index is 2.34. The van der Waals surface area contributed by atoms with Crippen molar-refractivity contribution in [2.45, 2.75) is 26.3 Å². The van der Waals surface area contributed by atoms with Gasteiger partial charge in [0.05, 0.1) is 18.5 Å². The standard InChI is InChI=1S/C14H17N3O3/c1-3-12(14(18)19)17-13(9-15-16-17)10-5-7-11(8-6-10)20-4-2/h5-9,12H,3-4H2,1-2H3,(H,18,19). The predicted molar refractivity (Wildman–Crippen MR) is 73.6 cm³/mol. The lowest BCUT2D eigenvalue weighted by molar-refractivity contribution is -0.141. The monoisotopic (exact) mass is 275 g/mol. The van der Waals surface area contributed by atoms with Crippen molar-refractivity contribution in [1.82, 2.24) is 15.0 Å². The third-order valence-electron chi connectivity index (χ3n) is 3.00. The first-order chi connectivity index (χ1) is 9.67. The number of hydrogen-bond donors (Lipinski definition) is 1.